The Morgan fingerprint density at radius 3 is 2.45 bits per heavy atom. The maximum absolute atomic E-state index is 12.1. The van der Waals surface area contributed by atoms with Crippen molar-refractivity contribution in [2.75, 3.05) is 0 Å². The molecule has 0 radical (unpaired) electrons. The van der Waals surface area contributed by atoms with Crippen molar-refractivity contribution in [1.82, 2.24) is 26.0 Å². The lowest BCUT2D eigenvalue weighted by atomic mass is 10.1. The van der Waals surface area contributed by atoms with E-state index in [0.717, 1.165) is 23.2 Å². The molecule has 0 atom stereocenters. The van der Waals surface area contributed by atoms with Gasteiger partial charge in [-0.3, -0.25) is 20.4 Å². The van der Waals surface area contributed by atoms with E-state index in [0.29, 0.717) is 16.7 Å². The average Bonchev–Trinajstić information content (AvgIpc) is 3.52. The lowest BCUT2D eigenvalue weighted by molar-refractivity contribution is -0.128. The van der Waals surface area contributed by atoms with Gasteiger partial charge in [-0.1, -0.05) is 66.7 Å². The number of nitrogens with zero attached hydrogens (tertiary/aromatic N) is 3. The van der Waals surface area contributed by atoms with Crippen LogP contribution < -0.4 is 10.9 Å². The number of thiazole rings is 1. The molecule has 0 spiro atoms. The number of hydrogen-bond acceptors (Lipinski definition) is 7. The van der Waals surface area contributed by atoms with Crippen LogP contribution in [-0.2, 0) is 28.9 Å². The van der Waals surface area contributed by atoms with Crippen molar-refractivity contribution in [1.29, 1.82) is 0 Å². The molecular formula is C24H23N5O3S. The minimum absolute atomic E-state index is 0.0849. The van der Waals surface area contributed by atoms with Gasteiger partial charge in [0.05, 0.1) is 12.1 Å². The number of rotatable bonds is 8. The van der Waals surface area contributed by atoms with Crippen LogP contribution in [0.1, 0.15) is 29.8 Å². The van der Waals surface area contributed by atoms with E-state index in [2.05, 4.69) is 32.9 Å². The fraction of sp³-hybridized carbons (Fsp3) is 0.208. The third kappa shape index (κ3) is 6.11. The molecule has 0 aliphatic rings. The summed E-state index contributed by atoms with van der Waals surface area (Å²) in [5.41, 5.74) is 8.74. The first kappa shape index (κ1) is 22.3. The molecule has 0 saturated heterocycles. The van der Waals surface area contributed by atoms with Crippen LogP contribution in [0.3, 0.4) is 0 Å². The van der Waals surface area contributed by atoms with Gasteiger partial charge >= 0.3 is 0 Å². The molecule has 0 fully saturated rings. The SMILES string of the molecule is CCc1ccc(-c2noc(CCC(=O)NNC(=O)Cc3nc(-c4ccccc4)cs3)n2)cc1. The lowest BCUT2D eigenvalue weighted by Crippen LogP contribution is -2.42. The maximum Gasteiger partial charge on any atom is 0.245 e. The van der Waals surface area contributed by atoms with Crippen LogP contribution in [0.15, 0.2) is 64.5 Å². The van der Waals surface area contributed by atoms with E-state index in [-0.39, 0.29) is 31.1 Å². The topological polar surface area (TPSA) is 110 Å². The number of carbonyl (C=O) groups excluding carboxylic acids is 2. The zero-order valence-corrected chi connectivity index (χ0v) is 18.9. The normalized spacial score (nSPS) is 10.7. The highest BCUT2D eigenvalue weighted by Crippen LogP contribution is 2.21. The monoisotopic (exact) mass is 461 g/mol. The molecule has 33 heavy (non-hydrogen) atoms. The minimum Gasteiger partial charge on any atom is -0.339 e. The molecule has 0 unspecified atom stereocenters. The summed E-state index contributed by atoms with van der Waals surface area (Å²) in [7, 11) is 0. The van der Waals surface area contributed by atoms with Crippen molar-refractivity contribution in [3.05, 3.63) is 76.4 Å². The van der Waals surface area contributed by atoms with Gasteiger partial charge in [0, 0.05) is 29.3 Å². The number of hydrogen-bond donors (Lipinski definition) is 2. The van der Waals surface area contributed by atoms with Gasteiger partial charge in [-0.25, -0.2) is 4.98 Å². The number of hydrazine groups is 1. The summed E-state index contributed by atoms with van der Waals surface area (Å²) < 4.78 is 5.23. The van der Waals surface area contributed by atoms with Crippen LogP contribution in [0.2, 0.25) is 0 Å². The first-order valence-electron chi connectivity index (χ1n) is 10.6. The van der Waals surface area contributed by atoms with E-state index in [4.69, 9.17) is 4.52 Å². The molecule has 9 heteroatoms. The standard InChI is InChI=1S/C24H23N5O3S/c1-2-16-8-10-18(11-9-16)24-26-22(32-29-24)13-12-20(30)27-28-21(31)14-23-25-19(15-33-23)17-6-4-3-5-7-17/h3-11,15H,2,12-14H2,1H3,(H,27,30)(H,28,31). The van der Waals surface area contributed by atoms with E-state index in [9.17, 15) is 9.59 Å². The van der Waals surface area contributed by atoms with Gasteiger partial charge in [0.25, 0.3) is 0 Å². The van der Waals surface area contributed by atoms with Crippen molar-refractivity contribution in [2.24, 2.45) is 0 Å². The van der Waals surface area contributed by atoms with Gasteiger partial charge in [0.1, 0.15) is 5.01 Å². The largest absolute Gasteiger partial charge is 0.339 e. The first-order chi connectivity index (χ1) is 16.1. The van der Waals surface area contributed by atoms with Gasteiger partial charge in [0.2, 0.25) is 23.5 Å². The fourth-order valence-electron chi connectivity index (χ4n) is 3.10. The molecule has 2 heterocycles. The second-order valence-corrected chi connectivity index (χ2v) is 8.27. The van der Waals surface area contributed by atoms with Gasteiger partial charge in [-0.05, 0) is 12.0 Å². The van der Waals surface area contributed by atoms with Crippen LogP contribution in [0.25, 0.3) is 22.6 Å². The molecule has 2 N–H and O–H groups in total. The molecule has 0 aliphatic heterocycles. The van der Waals surface area contributed by atoms with Gasteiger partial charge in [-0.15, -0.1) is 11.3 Å². The van der Waals surface area contributed by atoms with Crippen LogP contribution in [0, 0.1) is 0 Å². The van der Waals surface area contributed by atoms with Gasteiger partial charge in [0.15, 0.2) is 0 Å². The van der Waals surface area contributed by atoms with Crippen LogP contribution in [-0.4, -0.2) is 26.9 Å². The molecule has 4 aromatic rings. The Morgan fingerprint density at radius 2 is 1.70 bits per heavy atom. The number of carbonyl (C=O) groups is 2. The Bertz CT molecular complexity index is 1220. The van der Waals surface area contributed by atoms with Crippen LogP contribution in [0.5, 0.6) is 0 Å². The molecular weight excluding hydrogens is 438 g/mol. The summed E-state index contributed by atoms with van der Waals surface area (Å²) in [5.74, 6) is 0.161. The second-order valence-electron chi connectivity index (χ2n) is 7.33. The first-order valence-corrected chi connectivity index (χ1v) is 11.5. The molecule has 0 bridgehead atoms. The third-order valence-corrected chi connectivity index (χ3v) is 5.78. The Labute approximate surface area is 195 Å². The minimum atomic E-state index is -0.348. The Hall–Kier alpha value is -3.85. The highest BCUT2D eigenvalue weighted by molar-refractivity contribution is 7.10. The summed E-state index contributed by atoms with van der Waals surface area (Å²) in [5, 5.41) is 6.55. The average molecular weight is 462 g/mol. The summed E-state index contributed by atoms with van der Waals surface area (Å²) in [6.45, 7) is 2.09. The van der Waals surface area contributed by atoms with Crippen molar-refractivity contribution in [3.8, 4) is 22.6 Å². The van der Waals surface area contributed by atoms with E-state index < -0.39 is 0 Å². The fourth-order valence-corrected chi connectivity index (χ4v) is 3.90. The van der Waals surface area contributed by atoms with Gasteiger partial charge in [-0.2, -0.15) is 4.98 Å². The number of aryl methyl sites for hydroxylation is 2. The predicted molar refractivity (Wildman–Crippen MR) is 125 cm³/mol. The molecule has 0 aliphatic carbocycles. The predicted octanol–water partition coefficient (Wildman–Crippen LogP) is 3.75. The number of aromatic nitrogens is 3. The Balaban J connectivity index is 1.21. The van der Waals surface area contributed by atoms with Crippen LogP contribution >= 0.6 is 11.3 Å². The van der Waals surface area contributed by atoms with Crippen molar-refractivity contribution in [2.45, 2.75) is 32.6 Å². The molecule has 0 saturated carbocycles. The van der Waals surface area contributed by atoms with E-state index in [1.165, 1.54) is 16.9 Å². The van der Waals surface area contributed by atoms with E-state index >= 15 is 0 Å². The van der Waals surface area contributed by atoms with E-state index in [1.54, 1.807) is 0 Å². The summed E-state index contributed by atoms with van der Waals surface area (Å²) >= 11 is 1.40. The van der Waals surface area contributed by atoms with Crippen molar-refractivity contribution < 1.29 is 14.1 Å². The van der Waals surface area contributed by atoms with Crippen molar-refractivity contribution in [3.63, 3.8) is 0 Å². The molecule has 8 nitrogen and oxygen atoms in total. The Morgan fingerprint density at radius 1 is 0.939 bits per heavy atom. The summed E-state index contributed by atoms with van der Waals surface area (Å²) in [6.07, 6.45) is 1.42. The summed E-state index contributed by atoms with van der Waals surface area (Å²) in [6, 6.07) is 17.7. The molecule has 168 valence electrons. The Kier molecular flexibility index (Phi) is 7.21. The smallest absolute Gasteiger partial charge is 0.245 e. The highest BCUT2D eigenvalue weighted by atomic mass is 32.1. The zero-order chi connectivity index (χ0) is 23.0. The van der Waals surface area contributed by atoms with Gasteiger partial charge < -0.3 is 4.52 Å². The van der Waals surface area contributed by atoms with E-state index in [1.807, 2.05) is 60.0 Å². The number of benzene rings is 2. The number of nitrogens with one attached hydrogen (secondary N) is 2. The van der Waals surface area contributed by atoms with Crippen LogP contribution in [0.4, 0.5) is 0 Å². The maximum atomic E-state index is 12.1. The second kappa shape index (κ2) is 10.6. The summed E-state index contributed by atoms with van der Waals surface area (Å²) in [4.78, 5) is 33.0. The zero-order valence-electron chi connectivity index (χ0n) is 18.1. The molecule has 4 rings (SSSR count). The number of amides is 2. The molecule has 2 aromatic carbocycles. The highest BCUT2D eigenvalue weighted by Gasteiger charge is 2.13. The quantitative estimate of drug-likeness (QED) is 0.387. The molecule has 2 amide bonds. The third-order valence-electron chi connectivity index (χ3n) is 4.93. The van der Waals surface area contributed by atoms with Crippen molar-refractivity contribution >= 4 is 23.2 Å². The lowest BCUT2D eigenvalue weighted by Gasteiger charge is -2.05. The molecule has 2 aromatic heterocycles.